The van der Waals surface area contributed by atoms with Crippen LogP contribution in [0, 0.1) is 5.92 Å². The Morgan fingerprint density at radius 2 is 1.95 bits per heavy atom. The van der Waals surface area contributed by atoms with E-state index in [9.17, 15) is 14.4 Å². The fourth-order valence-electron chi connectivity index (χ4n) is 2.59. The molecule has 0 aromatic rings. The lowest BCUT2D eigenvalue weighted by Crippen LogP contribution is -2.47. The first-order valence-corrected chi connectivity index (χ1v) is 7.18. The molecular weight excluding hydrogens is 260 g/mol. The van der Waals surface area contributed by atoms with Gasteiger partial charge in [-0.3, -0.25) is 14.9 Å². The molecule has 6 heteroatoms. The molecule has 114 valence electrons. The van der Waals surface area contributed by atoms with Gasteiger partial charge in [-0.25, -0.2) is 4.79 Å². The van der Waals surface area contributed by atoms with Gasteiger partial charge in [-0.1, -0.05) is 19.8 Å². The summed E-state index contributed by atoms with van der Waals surface area (Å²) in [4.78, 5) is 35.4. The van der Waals surface area contributed by atoms with E-state index in [2.05, 4.69) is 12.2 Å². The predicted octanol–water partition coefficient (Wildman–Crippen LogP) is 1.99. The van der Waals surface area contributed by atoms with Crippen LogP contribution in [0.5, 0.6) is 0 Å². The summed E-state index contributed by atoms with van der Waals surface area (Å²) in [6.45, 7) is 2.18. The van der Waals surface area contributed by atoms with Crippen LogP contribution >= 0.6 is 0 Å². The fraction of sp³-hybridized carbons (Fsp3) is 0.786. The van der Waals surface area contributed by atoms with Gasteiger partial charge in [0.05, 0.1) is 0 Å². The third kappa shape index (κ3) is 5.59. The maximum Gasteiger partial charge on any atom is 0.324 e. The van der Waals surface area contributed by atoms with Crippen LogP contribution < -0.4 is 5.32 Å². The summed E-state index contributed by atoms with van der Waals surface area (Å²) < 4.78 is 0. The summed E-state index contributed by atoms with van der Waals surface area (Å²) in [5.74, 6) is -0.736. The van der Waals surface area contributed by atoms with Crippen LogP contribution in [0.2, 0.25) is 0 Å². The fourth-order valence-corrected chi connectivity index (χ4v) is 2.59. The Balaban J connectivity index is 2.33. The number of hydrogen-bond acceptors (Lipinski definition) is 3. The van der Waals surface area contributed by atoms with Crippen LogP contribution in [0.25, 0.3) is 0 Å². The molecule has 1 fully saturated rings. The number of amides is 3. The van der Waals surface area contributed by atoms with E-state index in [0.29, 0.717) is 5.92 Å². The highest BCUT2D eigenvalue weighted by Crippen LogP contribution is 2.26. The third-order valence-electron chi connectivity index (χ3n) is 3.82. The molecule has 0 saturated heterocycles. The van der Waals surface area contributed by atoms with Crippen LogP contribution in [0.1, 0.15) is 51.9 Å². The summed E-state index contributed by atoms with van der Waals surface area (Å²) in [5.41, 5.74) is 0. The molecule has 1 aliphatic rings. The van der Waals surface area contributed by atoms with E-state index >= 15 is 0 Å². The lowest BCUT2D eigenvalue weighted by Gasteiger charge is -2.33. The second-order valence-electron chi connectivity index (χ2n) is 5.64. The number of carboxylic acid groups (broad SMARTS) is 1. The molecule has 2 unspecified atom stereocenters. The van der Waals surface area contributed by atoms with Gasteiger partial charge in [0, 0.05) is 25.9 Å². The highest BCUT2D eigenvalue weighted by Gasteiger charge is 2.26. The van der Waals surface area contributed by atoms with Crippen molar-refractivity contribution in [3.05, 3.63) is 0 Å². The molecule has 0 spiro atoms. The van der Waals surface area contributed by atoms with Crippen molar-refractivity contribution < 1.29 is 19.5 Å². The van der Waals surface area contributed by atoms with Gasteiger partial charge in [0.25, 0.3) is 0 Å². The van der Waals surface area contributed by atoms with E-state index in [1.54, 1.807) is 11.9 Å². The first-order chi connectivity index (χ1) is 9.40. The van der Waals surface area contributed by atoms with Crippen molar-refractivity contribution in [3.63, 3.8) is 0 Å². The van der Waals surface area contributed by atoms with Crippen LogP contribution in [-0.4, -0.2) is 41.0 Å². The summed E-state index contributed by atoms with van der Waals surface area (Å²) >= 11 is 0. The van der Waals surface area contributed by atoms with Crippen LogP contribution in [-0.2, 0) is 9.59 Å². The zero-order chi connectivity index (χ0) is 15.1. The number of nitrogens with one attached hydrogen (secondary N) is 1. The molecular formula is C14H24N2O4. The Morgan fingerprint density at radius 1 is 1.25 bits per heavy atom. The minimum absolute atomic E-state index is 0.0579. The molecule has 0 heterocycles. The molecule has 2 atom stereocenters. The topological polar surface area (TPSA) is 86.7 Å². The van der Waals surface area contributed by atoms with Crippen molar-refractivity contribution in [2.75, 3.05) is 7.05 Å². The predicted molar refractivity (Wildman–Crippen MR) is 74.2 cm³/mol. The zero-order valence-electron chi connectivity index (χ0n) is 12.2. The number of rotatable bonds is 5. The number of imide groups is 1. The molecule has 20 heavy (non-hydrogen) atoms. The molecule has 1 rings (SSSR count). The first kappa shape index (κ1) is 16.5. The third-order valence-corrected chi connectivity index (χ3v) is 3.82. The number of carboxylic acids is 1. The van der Waals surface area contributed by atoms with E-state index < -0.39 is 11.9 Å². The Kier molecular flexibility index (Phi) is 6.48. The quantitative estimate of drug-likeness (QED) is 0.808. The van der Waals surface area contributed by atoms with Crippen molar-refractivity contribution in [3.8, 4) is 0 Å². The molecule has 0 bridgehead atoms. The second-order valence-corrected chi connectivity index (χ2v) is 5.64. The van der Waals surface area contributed by atoms with Gasteiger partial charge in [-0.2, -0.15) is 0 Å². The van der Waals surface area contributed by atoms with Gasteiger partial charge >= 0.3 is 12.0 Å². The molecule has 0 aromatic heterocycles. The van der Waals surface area contributed by atoms with Crippen molar-refractivity contribution >= 4 is 17.9 Å². The Bertz CT molecular complexity index is 370. The Morgan fingerprint density at radius 3 is 2.55 bits per heavy atom. The highest BCUT2D eigenvalue weighted by molar-refractivity contribution is 5.94. The maximum absolute atomic E-state index is 11.9. The molecule has 6 nitrogen and oxygen atoms in total. The molecule has 1 saturated carbocycles. The molecule has 1 aliphatic carbocycles. The van der Waals surface area contributed by atoms with E-state index in [1.807, 2.05) is 0 Å². The van der Waals surface area contributed by atoms with E-state index in [-0.39, 0.29) is 31.3 Å². The van der Waals surface area contributed by atoms with Gasteiger partial charge < -0.3 is 10.0 Å². The Labute approximate surface area is 119 Å². The number of carbonyl (C=O) groups excluding carboxylic acids is 2. The van der Waals surface area contributed by atoms with Gasteiger partial charge in [-0.05, 0) is 25.2 Å². The second kappa shape index (κ2) is 7.87. The number of carbonyl (C=O) groups is 3. The minimum atomic E-state index is -0.933. The summed E-state index contributed by atoms with van der Waals surface area (Å²) in [5, 5.41) is 10.8. The lowest BCUT2D eigenvalue weighted by molar-refractivity contribution is -0.137. The largest absolute Gasteiger partial charge is 0.481 e. The van der Waals surface area contributed by atoms with Crippen molar-refractivity contribution in [1.82, 2.24) is 10.2 Å². The SMILES string of the molecule is CC1CCCC(N(C)C(=O)NC(=O)CCCC(=O)O)C1. The van der Waals surface area contributed by atoms with Gasteiger partial charge in [0.15, 0.2) is 0 Å². The van der Waals surface area contributed by atoms with E-state index in [1.165, 1.54) is 6.42 Å². The zero-order valence-corrected chi connectivity index (χ0v) is 12.2. The van der Waals surface area contributed by atoms with Crippen LogP contribution in [0.15, 0.2) is 0 Å². The normalized spacial score (nSPS) is 22.1. The first-order valence-electron chi connectivity index (χ1n) is 7.18. The van der Waals surface area contributed by atoms with E-state index in [0.717, 1.165) is 19.3 Å². The minimum Gasteiger partial charge on any atom is -0.481 e. The van der Waals surface area contributed by atoms with Gasteiger partial charge in [-0.15, -0.1) is 0 Å². The number of hydrogen-bond donors (Lipinski definition) is 2. The molecule has 2 N–H and O–H groups in total. The summed E-state index contributed by atoms with van der Waals surface area (Å²) in [6, 6.07) is -0.199. The van der Waals surface area contributed by atoms with Gasteiger partial charge in [0.2, 0.25) is 5.91 Å². The van der Waals surface area contributed by atoms with Crippen molar-refractivity contribution in [1.29, 1.82) is 0 Å². The average Bonchev–Trinajstić information content (AvgIpc) is 2.37. The summed E-state index contributed by atoms with van der Waals surface area (Å²) in [6.07, 6.45) is 4.50. The average molecular weight is 284 g/mol. The standard InChI is InChI=1S/C14H24N2O4/c1-10-5-3-6-11(9-10)16(2)14(20)15-12(17)7-4-8-13(18)19/h10-11H,3-9H2,1-2H3,(H,18,19)(H,15,17,20). The Hall–Kier alpha value is -1.59. The lowest BCUT2D eigenvalue weighted by atomic mass is 9.86. The molecule has 0 radical (unpaired) electrons. The highest BCUT2D eigenvalue weighted by atomic mass is 16.4. The van der Waals surface area contributed by atoms with Gasteiger partial charge in [0.1, 0.15) is 0 Å². The smallest absolute Gasteiger partial charge is 0.324 e. The molecule has 0 aliphatic heterocycles. The van der Waals surface area contributed by atoms with Crippen molar-refractivity contribution in [2.45, 2.75) is 57.9 Å². The molecule has 3 amide bonds. The summed E-state index contributed by atoms with van der Waals surface area (Å²) in [7, 11) is 1.71. The van der Waals surface area contributed by atoms with E-state index in [4.69, 9.17) is 5.11 Å². The monoisotopic (exact) mass is 284 g/mol. The number of urea groups is 1. The maximum atomic E-state index is 11.9. The van der Waals surface area contributed by atoms with Crippen molar-refractivity contribution in [2.24, 2.45) is 5.92 Å². The number of aliphatic carboxylic acids is 1. The van der Waals surface area contributed by atoms with Crippen LogP contribution in [0.4, 0.5) is 4.79 Å². The number of nitrogens with zero attached hydrogens (tertiary/aromatic N) is 1. The van der Waals surface area contributed by atoms with Crippen LogP contribution in [0.3, 0.4) is 0 Å². The molecule has 0 aromatic carbocycles.